The summed E-state index contributed by atoms with van der Waals surface area (Å²) in [5.74, 6) is 0.0396. The molecule has 1 aromatic carbocycles. The molecule has 0 aliphatic heterocycles. The van der Waals surface area contributed by atoms with E-state index >= 15 is 0 Å². The zero-order valence-electron chi connectivity index (χ0n) is 7.55. The van der Waals surface area contributed by atoms with Crippen LogP contribution in [-0.4, -0.2) is 22.9 Å². The van der Waals surface area contributed by atoms with Crippen molar-refractivity contribution in [3.63, 3.8) is 0 Å². The van der Waals surface area contributed by atoms with Gasteiger partial charge < -0.3 is 10.2 Å². The van der Waals surface area contributed by atoms with Crippen LogP contribution in [0.25, 0.3) is 0 Å². The number of hydrogen-bond donors (Lipinski definition) is 2. The highest BCUT2D eigenvalue weighted by atomic mass is 16.4. The van der Waals surface area contributed by atoms with Gasteiger partial charge in [-0.1, -0.05) is 12.1 Å². The Hall–Kier alpha value is -1.97. The molecule has 0 aromatic heterocycles. The Balaban J connectivity index is 2.98. The highest BCUT2D eigenvalue weighted by Gasteiger charge is 2.12. The third-order valence-electron chi connectivity index (χ3n) is 1.68. The maximum atomic E-state index is 10.8. The minimum absolute atomic E-state index is 0.0396. The van der Waals surface area contributed by atoms with E-state index < -0.39 is 6.09 Å². The lowest BCUT2D eigenvalue weighted by molar-refractivity contribution is 0.202. The van der Waals surface area contributed by atoms with E-state index in [0.717, 1.165) is 4.90 Å². The summed E-state index contributed by atoms with van der Waals surface area (Å²) < 4.78 is 0. The molecular formula is C10H11NO3. The molecule has 0 aliphatic rings. The molecule has 14 heavy (non-hydrogen) atoms. The van der Waals surface area contributed by atoms with Crippen LogP contribution in [0.4, 0.5) is 10.5 Å². The van der Waals surface area contributed by atoms with Crippen molar-refractivity contribution in [3.05, 3.63) is 36.9 Å². The highest BCUT2D eigenvalue weighted by molar-refractivity contribution is 5.86. The first-order valence-electron chi connectivity index (χ1n) is 4.05. The van der Waals surface area contributed by atoms with Crippen LogP contribution in [0.5, 0.6) is 5.75 Å². The van der Waals surface area contributed by atoms with Crippen LogP contribution in [0, 0.1) is 0 Å². The fourth-order valence-corrected chi connectivity index (χ4v) is 1.08. The Morgan fingerprint density at radius 1 is 1.57 bits per heavy atom. The van der Waals surface area contributed by atoms with Crippen molar-refractivity contribution in [3.8, 4) is 5.75 Å². The summed E-state index contributed by atoms with van der Waals surface area (Å²) in [5, 5.41) is 18.0. The summed E-state index contributed by atoms with van der Waals surface area (Å²) in [6.07, 6.45) is 0.411. The van der Waals surface area contributed by atoms with E-state index in [1.54, 1.807) is 12.1 Å². The molecule has 0 atom stereocenters. The number of rotatable bonds is 3. The van der Waals surface area contributed by atoms with Gasteiger partial charge in [-0.25, -0.2) is 4.79 Å². The molecule has 0 fully saturated rings. The molecule has 2 N–H and O–H groups in total. The van der Waals surface area contributed by atoms with Gasteiger partial charge in [-0.15, -0.1) is 6.58 Å². The third-order valence-corrected chi connectivity index (χ3v) is 1.68. The summed E-state index contributed by atoms with van der Waals surface area (Å²) in [7, 11) is 0. The lowest BCUT2D eigenvalue weighted by atomic mass is 10.3. The van der Waals surface area contributed by atoms with Gasteiger partial charge in [-0.3, -0.25) is 4.90 Å². The number of nitrogens with zero attached hydrogens (tertiary/aromatic N) is 1. The first-order valence-corrected chi connectivity index (χ1v) is 4.05. The van der Waals surface area contributed by atoms with Crippen molar-refractivity contribution >= 4 is 11.8 Å². The van der Waals surface area contributed by atoms with Crippen LogP contribution in [0.15, 0.2) is 36.9 Å². The second-order valence-corrected chi connectivity index (χ2v) is 2.70. The van der Waals surface area contributed by atoms with Crippen LogP contribution >= 0.6 is 0 Å². The Morgan fingerprint density at radius 2 is 2.29 bits per heavy atom. The zero-order valence-corrected chi connectivity index (χ0v) is 7.55. The number of carbonyl (C=O) groups is 1. The molecule has 0 saturated carbocycles. The van der Waals surface area contributed by atoms with Gasteiger partial charge in [0.2, 0.25) is 0 Å². The molecule has 1 amide bonds. The van der Waals surface area contributed by atoms with Gasteiger partial charge in [0.1, 0.15) is 5.75 Å². The molecule has 0 bridgehead atoms. The fraction of sp³-hybridized carbons (Fsp3) is 0.100. The molecule has 4 nitrogen and oxygen atoms in total. The van der Waals surface area contributed by atoms with Crippen molar-refractivity contribution in [2.24, 2.45) is 0 Å². The van der Waals surface area contributed by atoms with Gasteiger partial charge in [0.15, 0.2) is 0 Å². The smallest absolute Gasteiger partial charge is 0.412 e. The Morgan fingerprint density at radius 3 is 2.79 bits per heavy atom. The largest absolute Gasteiger partial charge is 0.508 e. The average Bonchev–Trinajstić information content (AvgIpc) is 2.13. The number of amides is 1. The summed E-state index contributed by atoms with van der Waals surface area (Å²) >= 11 is 0. The minimum Gasteiger partial charge on any atom is -0.508 e. The predicted molar refractivity (Wildman–Crippen MR) is 53.7 cm³/mol. The highest BCUT2D eigenvalue weighted by Crippen LogP contribution is 2.19. The van der Waals surface area contributed by atoms with Gasteiger partial charge in [-0.2, -0.15) is 0 Å². The van der Waals surface area contributed by atoms with E-state index in [1.165, 1.54) is 18.2 Å². The van der Waals surface area contributed by atoms with Crippen molar-refractivity contribution in [2.75, 3.05) is 11.4 Å². The van der Waals surface area contributed by atoms with E-state index in [9.17, 15) is 4.79 Å². The number of aromatic hydroxyl groups is 1. The van der Waals surface area contributed by atoms with Crippen molar-refractivity contribution in [1.82, 2.24) is 0 Å². The molecule has 0 unspecified atom stereocenters. The lowest BCUT2D eigenvalue weighted by Crippen LogP contribution is -2.28. The predicted octanol–water partition coefficient (Wildman–Crippen LogP) is 2.06. The molecule has 1 rings (SSSR count). The molecule has 4 heteroatoms. The molecule has 0 spiro atoms. The van der Waals surface area contributed by atoms with E-state index in [0.29, 0.717) is 5.69 Å². The molecule has 0 saturated heterocycles. The average molecular weight is 193 g/mol. The molecule has 0 radical (unpaired) electrons. The van der Waals surface area contributed by atoms with Crippen LogP contribution in [0.1, 0.15) is 0 Å². The summed E-state index contributed by atoms with van der Waals surface area (Å²) in [5.41, 5.74) is 0.428. The van der Waals surface area contributed by atoms with E-state index in [2.05, 4.69) is 6.58 Å². The van der Waals surface area contributed by atoms with Crippen LogP contribution in [0.2, 0.25) is 0 Å². The summed E-state index contributed by atoms with van der Waals surface area (Å²) in [6, 6.07) is 6.07. The summed E-state index contributed by atoms with van der Waals surface area (Å²) in [6.45, 7) is 3.66. The van der Waals surface area contributed by atoms with E-state index in [1.807, 2.05) is 0 Å². The zero-order chi connectivity index (χ0) is 10.6. The van der Waals surface area contributed by atoms with Crippen molar-refractivity contribution < 1.29 is 15.0 Å². The first kappa shape index (κ1) is 10.1. The quantitative estimate of drug-likeness (QED) is 0.722. The van der Waals surface area contributed by atoms with Crippen molar-refractivity contribution in [2.45, 2.75) is 0 Å². The van der Waals surface area contributed by atoms with Crippen molar-refractivity contribution in [1.29, 1.82) is 0 Å². The number of benzene rings is 1. The first-order chi connectivity index (χ1) is 6.65. The number of carboxylic acid groups (broad SMARTS) is 1. The normalized spacial score (nSPS) is 9.43. The third kappa shape index (κ3) is 2.26. The van der Waals surface area contributed by atoms with E-state index in [-0.39, 0.29) is 12.3 Å². The second kappa shape index (κ2) is 4.32. The minimum atomic E-state index is -1.07. The standard InChI is InChI=1S/C10H11NO3/c1-2-6-11(10(13)14)8-4-3-5-9(12)7-8/h2-5,7,12H,1,6H2,(H,13,14). The molecule has 74 valence electrons. The number of anilines is 1. The van der Waals surface area contributed by atoms with Gasteiger partial charge in [0.05, 0.1) is 5.69 Å². The van der Waals surface area contributed by atoms with Gasteiger partial charge in [-0.05, 0) is 12.1 Å². The van der Waals surface area contributed by atoms with E-state index in [4.69, 9.17) is 10.2 Å². The van der Waals surface area contributed by atoms with Gasteiger partial charge in [0, 0.05) is 12.6 Å². The topological polar surface area (TPSA) is 60.8 Å². The monoisotopic (exact) mass is 193 g/mol. The maximum absolute atomic E-state index is 10.8. The molecule has 1 aromatic rings. The Labute approximate surface area is 81.7 Å². The number of phenolic OH excluding ortho intramolecular Hbond substituents is 1. The lowest BCUT2D eigenvalue weighted by Gasteiger charge is -2.17. The molecule has 0 aliphatic carbocycles. The number of hydrogen-bond acceptors (Lipinski definition) is 2. The van der Waals surface area contributed by atoms with Gasteiger partial charge >= 0.3 is 6.09 Å². The fourth-order valence-electron chi connectivity index (χ4n) is 1.08. The Bertz CT molecular complexity index is 349. The molecular weight excluding hydrogens is 182 g/mol. The number of phenols is 1. The maximum Gasteiger partial charge on any atom is 0.412 e. The van der Waals surface area contributed by atoms with Crippen LogP contribution < -0.4 is 4.90 Å². The second-order valence-electron chi connectivity index (χ2n) is 2.70. The van der Waals surface area contributed by atoms with Crippen LogP contribution in [-0.2, 0) is 0 Å². The molecule has 0 heterocycles. The Kier molecular flexibility index (Phi) is 3.12. The van der Waals surface area contributed by atoms with Gasteiger partial charge in [0.25, 0.3) is 0 Å². The summed E-state index contributed by atoms with van der Waals surface area (Å²) in [4.78, 5) is 11.9. The SMILES string of the molecule is C=CCN(C(=O)O)c1cccc(O)c1. The van der Waals surface area contributed by atoms with Crippen LogP contribution in [0.3, 0.4) is 0 Å².